The lowest BCUT2D eigenvalue weighted by atomic mass is 9.74. The quantitative estimate of drug-likeness (QED) is 0.600. The van der Waals surface area contributed by atoms with Crippen molar-refractivity contribution in [1.29, 1.82) is 5.26 Å². The normalized spacial score (nSPS) is 11.4. The van der Waals surface area contributed by atoms with Gasteiger partial charge in [0.25, 0.3) is 0 Å². The Balaban J connectivity index is 3.08. The van der Waals surface area contributed by atoms with Crippen molar-refractivity contribution in [3.05, 3.63) is 35.4 Å². The zero-order valence-corrected chi connectivity index (χ0v) is 16.1. The van der Waals surface area contributed by atoms with Crippen LogP contribution in [-0.4, -0.2) is 24.1 Å². The van der Waals surface area contributed by atoms with Crippen LogP contribution in [0.4, 0.5) is 8.78 Å². The molecule has 0 unspecified atom stereocenters. The van der Waals surface area contributed by atoms with Gasteiger partial charge in [0.2, 0.25) is 0 Å². The summed E-state index contributed by atoms with van der Waals surface area (Å²) < 4.78 is 37.2. The van der Waals surface area contributed by atoms with Crippen molar-refractivity contribution >= 4 is 11.9 Å². The largest absolute Gasteiger partial charge is 0.463 e. The number of carbonyl (C=O) groups excluding carboxylic acids is 2. The van der Waals surface area contributed by atoms with E-state index in [1.807, 2.05) is 0 Å². The van der Waals surface area contributed by atoms with E-state index in [-0.39, 0.29) is 43.5 Å². The first-order valence-corrected chi connectivity index (χ1v) is 8.85. The smallest absolute Gasteiger partial charge is 0.306 e. The van der Waals surface area contributed by atoms with E-state index in [9.17, 15) is 23.6 Å². The van der Waals surface area contributed by atoms with Crippen LogP contribution in [0, 0.1) is 23.0 Å². The summed E-state index contributed by atoms with van der Waals surface area (Å²) >= 11 is 0. The number of nitrogens with zero attached hydrogens (tertiary/aromatic N) is 1. The number of halogens is 2. The van der Waals surface area contributed by atoms with E-state index in [0.29, 0.717) is 0 Å². The van der Waals surface area contributed by atoms with Gasteiger partial charge in [-0.05, 0) is 58.2 Å². The van der Waals surface area contributed by atoms with Crippen molar-refractivity contribution in [3.8, 4) is 6.07 Å². The van der Waals surface area contributed by atoms with Crippen LogP contribution in [-0.2, 0) is 24.5 Å². The summed E-state index contributed by atoms with van der Waals surface area (Å²) in [6.45, 7) is 6.80. The van der Waals surface area contributed by atoms with E-state index in [2.05, 4.69) is 6.07 Å². The highest BCUT2D eigenvalue weighted by Gasteiger charge is 2.35. The van der Waals surface area contributed by atoms with E-state index >= 15 is 0 Å². The average Bonchev–Trinajstić information content (AvgIpc) is 2.57. The predicted molar refractivity (Wildman–Crippen MR) is 94.6 cm³/mol. The monoisotopic (exact) mass is 381 g/mol. The third-order valence-corrected chi connectivity index (χ3v) is 3.93. The van der Waals surface area contributed by atoms with Crippen LogP contribution in [0.15, 0.2) is 18.2 Å². The maximum Gasteiger partial charge on any atom is 0.306 e. The fraction of sp³-hybridized carbons (Fsp3) is 0.550. The highest BCUT2D eigenvalue weighted by molar-refractivity contribution is 5.71. The van der Waals surface area contributed by atoms with Crippen LogP contribution in [0.2, 0.25) is 0 Å². The Hall–Kier alpha value is -2.49. The first-order chi connectivity index (χ1) is 12.6. The maximum absolute atomic E-state index is 13.7. The molecule has 0 heterocycles. The molecule has 0 atom stereocenters. The summed E-state index contributed by atoms with van der Waals surface area (Å²) in [5.41, 5.74) is -1.14. The van der Waals surface area contributed by atoms with Crippen LogP contribution in [0.5, 0.6) is 0 Å². The van der Waals surface area contributed by atoms with Gasteiger partial charge in [0, 0.05) is 12.8 Å². The van der Waals surface area contributed by atoms with Crippen LogP contribution >= 0.6 is 0 Å². The Morgan fingerprint density at radius 2 is 1.48 bits per heavy atom. The molecule has 0 radical (unpaired) electrons. The first kappa shape index (κ1) is 22.6. The number of benzene rings is 1. The van der Waals surface area contributed by atoms with Gasteiger partial charge >= 0.3 is 11.9 Å². The highest BCUT2D eigenvalue weighted by Crippen LogP contribution is 2.35. The van der Waals surface area contributed by atoms with Gasteiger partial charge in [-0.3, -0.25) is 9.59 Å². The van der Waals surface area contributed by atoms with Gasteiger partial charge in [0.15, 0.2) is 11.6 Å². The van der Waals surface area contributed by atoms with Crippen LogP contribution in [0.1, 0.15) is 58.9 Å². The fourth-order valence-corrected chi connectivity index (χ4v) is 2.66. The zero-order chi connectivity index (χ0) is 20.6. The summed E-state index contributed by atoms with van der Waals surface area (Å²) in [7, 11) is 0. The molecule has 0 N–H and O–H groups in total. The van der Waals surface area contributed by atoms with Crippen LogP contribution in [0.3, 0.4) is 0 Å². The molecule has 0 fully saturated rings. The topological polar surface area (TPSA) is 76.4 Å². The van der Waals surface area contributed by atoms with Gasteiger partial charge in [0.05, 0.1) is 23.7 Å². The Morgan fingerprint density at radius 1 is 1.00 bits per heavy atom. The molecule has 0 spiro atoms. The Labute approximate surface area is 158 Å². The second-order valence-corrected chi connectivity index (χ2v) is 6.90. The zero-order valence-electron chi connectivity index (χ0n) is 16.1. The molecular formula is C20H25F2NO4. The molecule has 5 nitrogen and oxygen atoms in total. The second kappa shape index (κ2) is 10.0. The second-order valence-electron chi connectivity index (χ2n) is 6.90. The average molecular weight is 381 g/mol. The molecule has 0 amide bonds. The molecule has 0 saturated carbocycles. The van der Waals surface area contributed by atoms with Crippen LogP contribution < -0.4 is 0 Å². The lowest BCUT2D eigenvalue weighted by molar-refractivity contribution is -0.147. The van der Waals surface area contributed by atoms with Gasteiger partial charge in [0.1, 0.15) is 0 Å². The minimum absolute atomic E-state index is 0.00901. The number of esters is 2. The van der Waals surface area contributed by atoms with Crippen molar-refractivity contribution < 1.29 is 27.8 Å². The molecule has 1 aromatic rings. The molecule has 1 aromatic carbocycles. The van der Waals surface area contributed by atoms with Crippen molar-refractivity contribution in [2.75, 3.05) is 0 Å². The molecule has 0 aliphatic rings. The van der Waals surface area contributed by atoms with Gasteiger partial charge in [-0.15, -0.1) is 0 Å². The summed E-state index contributed by atoms with van der Waals surface area (Å²) in [6.07, 6.45) is -0.783. The first-order valence-electron chi connectivity index (χ1n) is 8.85. The molecule has 7 heteroatoms. The Kier molecular flexibility index (Phi) is 8.35. The summed E-state index contributed by atoms with van der Waals surface area (Å²) in [6, 6.07) is 5.24. The lowest BCUT2D eigenvalue weighted by Gasteiger charge is -2.27. The van der Waals surface area contributed by atoms with Crippen molar-refractivity contribution in [3.63, 3.8) is 0 Å². The third kappa shape index (κ3) is 6.97. The van der Waals surface area contributed by atoms with Gasteiger partial charge in [-0.2, -0.15) is 5.26 Å². The van der Waals surface area contributed by atoms with Gasteiger partial charge in [-0.25, -0.2) is 8.78 Å². The summed E-state index contributed by atoms with van der Waals surface area (Å²) in [5.74, 6) is -3.14. The summed E-state index contributed by atoms with van der Waals surface area (Å²) in [4.78, 5) is 23.8. The lowest BCUT2D eigenvalue weighted by Crippen LogP contribution is -2.28. The molecular weight excluding hydrogens is 356 g/mol. The number of ether oxygens (including phenoxy) is 2. The Bertz CT molecular complexity index is 684. The number of hydrogen-bond donors (Lipinski definition) is 0. The molecule has 0 aliphatic heterocycles. The standard InChI is InChI=1S/C20H25F2NO4/c1-13(2)26-18(24)7-9-20(12-23,10-8-19(25)27-14(3)4)15-5-6-16(21)17(22)11-15/h5-6,11,13-14H,7-10H2,1-4H3. The fourth-order valence-electron chi connectivity index (χ4n) is 2.66. The minimum atomic E-state index is -1.35. The molecule has 148 valence electrons. The van der Waals surface area contributed by atoms with E-state index in [0.717, 1.165) is 12.1 Å². The maximum atomic E-state index is 13.7. The van der Waals surface area contributed by atoms with Crippen molar-refractivity contribution in [1.82, 2.24) is 0 Å². The Morgan fingerprint density at radius 3 is 1.85 bits per heavy atom. The van der Waals surface area contributed by atoms with Crippen LogP contribution in [0.25, 0.3) is 0 Å². The third-order valence-electron chi connectivity index (χ3n) is 3.93. The molecule has 0 bridgehead atoms. The minimum Gasteiger partial charge on any atom is -0.463 e. The predicted octanol–water partition coefficient (Wildman–Crippen LogP) is 4.19. The molecule has 1 rings (SSSR count). The van der Waals surface area contributed by atoms with Crippen molar-refractivity contribution in [2.24, 2.45) is 0 Å². The molecule has 0 saturated heterocycles. The SMILES string of the molecule is CC(C)OC(=O)CCC(C#N)(CCC(=O)OC(C)C)c1ccc(F)c(F)c1. The number of rotatable bonds is 9. The summed E-state index contributed by atoms with van der Waals surface area (Å²) in [5, 5.41) is 9.81. The number of nitriles is 1. The van der Waals surface area contributed by atoms with Gasteiger partial charge in [-0.1, -0.05) is 6.07 Å². The molecule has 0 aliphatic carbocycles. The molecule has 0 aromatic heterocycles. The van der Waals surface area contributed by atoms with E-state index in [4.69, 9.17) is 9.47 Å². The van der Waals surface area contributed by atoms with E-state index in [1.165, 1.54) is 6.07 Å². The van der Waals surface area contributed by atoms with Crippen molar-refractivity contribution in [2.45, 2.75) is 71.0 Å². The van der Waals surface area contributed by atoms with E-state index < -0.39 is 29.0 Å². The number of carbonyl (C=O) groups is 2. The van der Waals surface area contributed by atoms with E-state index in [1.54, 1.807) is 27.7 Å². The molecule has 27 heavy (non-hydrogen) atoms. The number of hydrogen-bond acceptors (Lipinski definition) is 5. The highest BCUT2D eigenvalue weighted by atomic mass is 19.2. The van der Waals surface area contributed by atoms with Gasteiger partial charge < -0.3 is 9.47 Å².